The molecule has 0 saturated heterocycles. The molecule has 0 heterocycles. The molecule has 0 unspecified atom stereocenters. The van der Waals surface area contributed by atoms with E-state index in [0.29, 0.717) is 4.47 Å². The van der Waals surface area contributed by atoms with E-state index >= 15 is 0 Å². The number of nitrogens with zero attached hydrogens (tertiary/aromatic N) is 1. The van der Waals surface area contributed by atoms with Crippen molar-refractivity contribution in [1.82, 2.24) is 0 Å². The fourth-order valence-corrected chi connectivity index (χ4v) is 5.22. The minimum Gasteiger partial charge on any atom is -0.461 e. The third-order valence-electron chi connectivity index (χ3n) is 3.18. The monoisotopic (exact) mass is 592 g/mol. The highest BCUT2D eigenvalue weighted by Gasteiger charge is 2.29. The lowest BCUT2D eigenvalue weighted by molar-refractivity contribution is -0.116. The average molecular weight is 595 g/mol. The molecule has 1 aromatic rings. The zero-order chi connectivity index (χ0) is 21.1. The van der Waals surface area contributed by atoms with Crippen LogP contribution in [0.4, 0.5) is 11.4 Å². The maximum absolute atomic E-state index is 12.5. The molecular formula is C14H15Br3N2O7S. The molecule has 0 fully saturated rings. The van der Waals surface area contributed by atoms with Gasteiger partial charge in [-0.2, -0.15) is 8.42 Å². The number of rotatable bonds is 6. The number of ether oxygens (including phenoxy) is 1. The number of benzene rings is 1. The highest BCUT2D eigenvalue weighted by atomic mass is 79.9. The average Bonchev–Trinajstić information content (AvgIpc) is 2.49. The van der Waals surface area contributed by atoms with Gasteiger partial charge in [-0.15, -0.1) is 0 Å². The summed E-state index contributed by atoms with van der Waals surface area (Å²) in [7, 11) is -2.84. The summed E-state index contributed by atoms with van der Waals surface area (Å²) in [4.78, 5) is 37.0. The third-order valence-corrected chi connectivity index (χ3v) is 6.20. The Hall–Kier alpha value is -1.02. The molecule has 0 spiro atoms. The summed E-state index contributed by atoms with van der Waals surface area (Å²) in [6.07, 6.45) is 0. The second-order valence-corrected chi connectivity index (χ2v) is 9.17. The Morgan fingerprint density at radius 3 is 2.11 bits per heavy atom. The van der Waals surface area contributed by atoms with Gasteiger partial charge in [0.15, 0.2) is 0 Å². The van der Waals surface area contributed by atoms with Crippen molar-refractivity contribution in [3.63, 3.8) is 0 Å². The predicted molar refractivity (Wildman–Crippen MR) is 110 cm³/mol. The van der Waals surface area contributed by atoms with Crippen LogP contribution in [0.2, 0.25) is 0 Å². The molecule has 2 N–H and O–H groups in total. The van der Waals surface area contributed by atoms with Crippen LogP contribution >= 0.6 is 47.8 Å². The lowest BCUT2D eigenvalue weighted by Gasteiger charge is -2.24. The number of carbonyl (C=O) groups is 3. The van der Waals surface area contributed by atoms with E-state index in [1.807, 2.05) is 0 Å². The lowest BCUT2D eigenvalue weighted by atomic mass is 10.1. The first-order valence-corrected chi connectivity index (χ1v) is 11.1. The Kier molecular flexibility index (Phi) is 8.41. The zero-order valence-electron chi connectivity index (χ0n) is 14.3. The fraction of sp³-hybridized carbons (Fsp3) is 0.357. The van der Waals surface area contributed by atoms with E-state index in [1.165, 1.54) is 25.8 Å². The van der Waals surface area contributed by atoms with Crippen molar-refractivity contribution in [1.29, 1.82) is 0 Å². The van der Waals surface area contributed by atoms with Gasteiger partial charge in [-0.1, -0.05) is 0 Å². The summed E-state index contributed by atoms with van der Waals surface area (Å²) in [5, 5.41) is 2.54. The summed E-state index contributed by atoms with van der Waals surface area (Å²) >= 11 is 9.78. The largest absolute Gasteiger partial charge is 0.461 e. The van der Waals surface area contributed by atoms with Crippen molar-refractivity contribution in [2.75, 3.05) is 29.6 Å². The van der Waals surface area contributed by atoms with Crippen molar-refractivity contribution < 1.29 is 32.1 Å². The smallest absolute Gasteiger partial charge is 0.340 e. The molecule has 0 saturated carbocycles. The van der Waals surface area contributed by atoms with E-state index in [1.54, 1.807) is 0 Å². The van der Waals surface area contributed by atoms with Crippen LogP contribution in [0.1, 0.15) is 24.2 Å². The fourth-order valence-electron chi connectivity index (χ4n) is 1.88. The van der Waals surface area contributed by atoms with Crippen LogP contribution in [0.25, 0.3) is 0 Å². The molecule has 0 aliphatic rings. The Balaban J connectivity index is 3.53. The molecule has 27 heavy (non-hydrogen) atoms. The van der Waals surface area contributed by atoms with Crippen LogP contribution in [0, 0.1) is 0 Å². The molecule has 0 radical (unpaired) electrons. The van der Waals surface area contributed by atoms with E-state index in [2.05, 4.69) is 53.1 Å². The Labute approximate surface area is 180 Å². The molecule has 0 aliphatic heterocycles. The van der Waals surface area contributed by atoms with Crippen molar-refractivity contribution in [2.45, 2.75) is 13.8 Å². The van der Waals surface area contributed by atoms with E-state index in [-0.39, 0.29) is 31.8 Å². The number of nitrogens with one attached hydrogen (secondary N) is 1. The van der Waals surface area contributed by atoms with Crippen LogP contribution in [0.3, 0.4) is 0 Å². The molecule has 0 aromatic heterocycles. The molecule has 0 bridgehead atoms. The summed E-state index contributed by atoms with van der Waals surface area (Å²) < 4.78 is 35.8. The number of carbonyl (C=O) groups excluding carboxylic acids is 3. The Bertz CT molecular complexity index is 903. The van der Waals surface area contributed by atoms with E-state index < -0.39 is 34.4 Å². The van der Waals surface area contributed by atoms with Crippen LogP contribution in [0.5, 0.6) is 0 Å². The topological polar surface area (TPSA) is 130 Å². The van der Waals surface area contributed by atoms with E-state index in [0.717, 1.165) is 0 Å². The van der Waals surface area contributed by atoms with Gasteiger partial charge in [-0.25, -0.2) is 4.79 Å². The van der Waals surface area contributed by atoms with Crippen LogP contribution in [0.15, 0.2) is 13.4 Å². The van der Waals surface area contributed by atoms with Gasteiger partial charge in [-0.05, 0) is 47.8 Å². The lowest BCUT2D eigenvalue weighted by Crippen LogP contribution is -2.25. The first-order valence-electron chi connectivity index (χ1n) is 7.12. The molecule has 9 nitrogen and oxygen atoms in total. The summed E-state index contributed by atoms with van der Waals surface area (Å²) in [5.41, 5.74) is 0.340. The molecule has 1 rings (SSSR count). The SMILES string of the molecule is CC(=O)Nc1c(Br)c(C(=O)OCCS(=O)(=O)O)c(Br)c(N(C)C(C)=O)c1Br. The van der Waals surface area contributed by atoms with Gasteiger partial charge in [0, 0.05) is 20.9 Å². The third kappa shape index (κ3) is 6.24. The first kappa shape index (κ1) is 24.0. The normalized spacial score (nSPS) is 11.1. The van der Waals surface area contributed by atoms with Crippen LogP contribution < -0.4 is 10.2 Å². The van der Waals surface area contributed by atoms with Gasteiger partial charge in [0.05, 0.1) is 30.4 Å². The number of halogens is 3. The quantitative estimate of drug-likeness (QED) is 0.382. The van der Waals surface area contributed by atoms with Gasteiger partial charge in [0.2, 0.25) is 11.8 Å². The molecular weight excluding hydrogens is 580 g/mol. The number of hydrogen-bond acceptors (Lipinski definition) is 6. The highest BCUT2D eigenvalue weighted by Crippen LogP contribution is 2.47. The number of amides is 2. The summed E-state index contributed by atoms with van der Waals surface area (Å²) in [6.45, 7) is 1.99. The summed E-state index contributed by atoms with van der Waals surface area (Å²) in [5.74, 6) is -2.49. The predicted octanol–water partition coefficient (Wildman–Crippen LogP) is 2.96. The second kappa shape index (κ2) is 9.45. The van der Waals surface area contributed by atoms with Gasteiger partial charge in [-0.3, -0.25) is 14.1 Å². The Morgan fingerprint density at radius 2 is 1.67 bits per heavy atom. The molecule has 13 heteroatoms. The standard InChI is InChI=1S/C14H15Br3N2O7S/c1-6(20)18-12-9(15)8(14(22)26-4-5-27(23,24)25)10(16)13(11(12)17)19(3)7(2)21/h4-5H2,1-3H3,(H,18,20)(H,23,24,25). The van der Waals surface area contributed by atoms with Crippen LogP contribution in [-0.2, 0) is 24.4 Å². The van der Waals surface area contributed by atoms with Gasteiger partial charge < -0.3 is 15.0 Å². The highest BCUT2D eigenvalue weighted by molar-refractivity contribution is 9.12. The van der Waals surface area contributed by atoms with Gasteiger partial charge >= 0.3 is 5.97 Å². The molecule has 1 aromatic carbocycles. The molecule has 150 valence electrons. The molecule has 0 atom stereocenters. The minimum atomic E-state index is -4.30. The Morgan fingerprint density at radius 1 is 1.11 bits per heavy atom. The molecule has 0 aliphatic carbocycles. The van der Waals surface area contributed by atoms with E-state index in [4.69, 9.17) is 9.29 Å². The van der Waals surface area contributed by atoms with Crippen LogP contribution in [-0.4, -0.2) is 50.2 Å². The second-order valence-electron chi connectivity index (χ2n) is 5.22. The molecule has 2 amide bonds. The van der Waals surface area contributed by atoms with Crippen molar-refractivity contribution >= 4 is 87.1 Å². The maximum atomic E-state index is 12.5. The number of anilines is 2. The van der Waals surface area contributed by atoms with Crippen molar-refractivity contribution in [3.8, 4) is 0 Å². The van der Waals surface area contributed by atoms with Gasteiger partial charge in [0.1, 0.15) is 12.4 Å². The summed E-state index contributed by atoms with van der Waals surface area (Å²) in [6, 6.07) is 0. The van der Waals surface area contributed by atoms with E-state index in [9.17, 15) is 22.8 Å². The van der Waals surface area contributed by atoms with Crippen molar-refractivity contribution in [2.24, 2.45) is 0 Å². The maximum Gasteiger partial charge on any atom is 0.340 e. The number of esters is 1. The minimum absolute atomic E-state index is 0.0830. The number of hydrogen-bond donors (Lipinski definition) is 2. The van der Waals surface area contributed by atoms with Crippen molar-refractivity contribution in [3.05, 3.63) is 19.0 Å². The zero-order valence-corrected chi connectivity index (χ0v) is 19.9. The first-order chi connectivity index (χ1) is 12.3. The van der Waals surface area contributed by atoms with Gasteiger partial charge in [0.25, 0.3) is 10.1 Å².